The van der Waals surface area contributed by atoms with Crippen LogP contribution in [0.15, 0.2) is 16.7 Å². The van der Waals surface area contributed by atoms with E-state index < -0.39 is 11.7 Å². The Kier molecular flexibility index (Phi) is 1.89. The number of hydrogen-bond acceptors (Lipinski definition) is 3. The molecule has 1 aromatic heterocycles. The van der Waals surface area contributed by atoms with Gasteiger partial charge in [-0.25, -0.2) is 0 Å². The summed E-state index contributed by atoms with van der Waals surface area (Å²) in [6.07, 6.45) is -4.49. The van der Waals surface area contributed by atoms with Gasteiger partial charge in [0.15, 0.2) is 5.58 Å². The minimum Gasteiger partial charge on any atom is -0.399 e. The van der Waals surface area contributed by atoms with Gasteiger partial charge in [-0.2, -0.15) is 13.2 Å². The minimum absolute atomic E-state index is 0.0427. The number of aromatic nitrogens is 1. The van der Waals surface area contributed by atoms with Gasteiger partial charge in [0.2, 0.25) is 0 Å². The van der Waals surface area contributed by atoms with Crippen molar-refractivity contribution in [2.45, 2.75) is 13.1 Å². The number of nitrogens with zero attached hydrogens (tertiary/aromatic N) is 1. The number of fused-ring (bicyclic) bond motifs is 1. The summed E-state index contributed by atoms with van der Waals surface area (Å²) in [7, 11) is 0. The van der Waals surface area contributed by atoms with E-state index in [0.29, 0.717) is 11.1 Å². The molecule has 1 heterocycles. The van der Waals surface area contributed by atoms with E-state index in [4.69, 9.17) is 5.73 Å². The second-order valence-electron chi connectivity index (χ2n) is 3.21. The van der Waals surface area contributed by atoms with Crippen molar-refractivity contribution in [1.82, 2.24) is 5.16 Å². The third kappa shape index (κ3) is 1.51. The Morgan fingerprint density at radius 2 is 2.00 bits per heavy atom. The van der Waals surface area contributed by atoms with Crippen LogP contribution in [0.5, 0.6) is 0 Å². The third-order valence-electron chi connectivity index (χ3n) is 2.08. The fourth-order valence-corrected chi connectivity index (χ4v) is 1.39. The number of nitrogen functional groups attached to an aromatic ring is 1. The quantitative estimate of drug-likeness (QED) is 0.689. The van der Waals surface area contributed by atoms with Crippen molar-refractivity contribution < 1.29 is 17.7 Å². The van der Waals surface area contributed by atoms with E-state index in [1.807, 2.05) is 0 Å². The molecule has 0 amide bonds. The topological polar surface area (TPSA) is 52.0 Å². The highest BCUT2D eigenvalue weighted by molar-refractivity contribution is 5.86. The Hall–Kier alpha value is -1.72. The lowest BCUT2D eigenvalue weighted by Crippen LogP contribution is -2.06. The first-order chi connectivity index (χ1) is 6.89. The Balaban J connectivity index is 2.84. The van der Waals surface area contributed by atoms with Gasteiger partial charge >= 0.3 is 6.18 Å². The highest BCUT2D eigenvalue weighted by Crippen LogP contribution is 2.37. The Bertz CT molecular complexity index is 516. The van der Waals surface area contributed by atoms with Crippen LogP contribution in [-0.4, -0.2) is 5.16 Å². The first-order valence-corrected chi connectivity index (χ1v) is 4.12. The van der Waals surface area contributed by atoms with Crippen LogP contribution >= 0.6 is 0 Å². The highest BCUT2D eigenvalue weighted by atomic mass is 19.4. The number of rotatable bonds is 0. The monoisotopic (exact) mass is 216 g/mol. The molecule has 2 rings (SSSR count). The van der Waals surface area contributed by atoms with Crippen molar-refractivity contribution in [2.24, 2.45) is 0 Å². The fraction of sp³-hybridized carbons (Fsp3) is 0.222. The van der Waals surface area contributed by atoms with Gasteiger partial charge in [-0.1, -0.05) is 5.16 Å². The second-order valence-corrected chi connectivity index (χ2v) is 3.21. The third-order valence-corrected chi connectivity index (χ3v) is 2.08. The summed E-state index contributed by atoms with van der Waals surface area (Å²) >= 11 is 0. The van der Waals surface area contributed by atoms with Crippen molar-refractivity contribution >= 4 is 16.7 Å². The average Bonchev–Trinajstić information content (AvgIpc) is 2.45. The van der Waals surface area contributed by atoms with E-state index in [1.54, 1.807) is 6.92 Å². The van der Waals surface area contributed by atoms with Gasteiger partial charge in [-0.05, 0) is 19.1 Å². The normalized spacial score (nSPS) is 12.3. The molecule has 6 heteroatoms. The van der Waals surface area contributed by atoms with Crippen LogP contribution < -0.4 is 5.73 Å². The number of anilines is 1. The van der Waals surface area contributed by atoms with Crippen LogP contribution in [0.4, 0.5) is 18.9 Å². The summed E-state index contributed by atoms with van der Waals surface area (Å²) in [6, 6.07) is 2.25. The van der Waals surface area contributed by atoms with Gasteiger partial charge in [-0.3, -0.25) is 0 Å². The van der Waals surface area contributed by atoms with Crippen molar-refractivity contribution in [3.05, 3.63) is 23.4 Å². The smallest absolute Gasteiger partial charge is 0.399 e. The van der Waals surface area contributed by atoms with Crippen LogP contribution in [0.1, 0.15) is 11.3 Å². The molecule has 1 aromatic carbocycles. The molecule has 15 heavy (non-hydrogen) atoms. The molecule has 80 valence electrons. The first-order valence-electron chi connectivity index (χ1n) is 4.12. The molecule has 2 N–H and O–H groups in total. The van der Waals surface area contributed by atoms with Crippen LogP contribution in [0.25, 0.3) is 11.0 Å². The molecule has 0 aliphatic rings. The lowest BCUT2D eigenvalue weighted by atomic mass is 10.1. The summed E-state index contributed by atoms with van der Waals surface area (Å²) in [5.41, 5.74) is 4.65. The largest absolute Gasteiger partial charge is 0.420 e. The summed E-state index contributed by atoms with van der Waals surface area (Å²) in [4.78, 5) is 0. The van der Waals surface area contributed by atoms with E-state index in [9.17, 15) is 13.2 Å². The molecule has 2 aromatic rings. The van der Waals surface area contributed by atoms with Crippen molar-refractivity contribution in [2.75, 3.05) is 5.73 Å². The maximum atomic E-state index is 12.6. The molecule has 0 saturated heterocycles. The zero-order valence-electron chi connectivity index (χ0n) is 7.72. The number of alkyl halides is 3. The Labute approximate surface area is 82.6 Å². The van der Waals surface area contributed by atoms with Crippen LogP contribution in [0.3, 0.4) is 0 Å². The van der Waals surface area contributed by atoms with Gasteiger partial charge in [0.1, 0.15) is 5.56 Å². The minimum atomic E-state index is -4.49. The van der Waals surface area contributed by atoms with E-state index >= 15 is 0 Å². The number of aryl methyl sites for hydroxylation is 1. The molecule has 0 bridgehead atoms. The molecule has 0 saturated carbocycles. The maximum absolute atomic E-state index is 12.6. The Morgan fingerprint density at radius 3 is 2.60 bits per heavy atom. The van der Waals surface area contributed by atoms with Crippen LogP contribution in [0, 0.1) is 6.92 Å². The van der Waals surface area contributed by atoms with Crippen molar-refractivity contribution in [1.29, 1.82) is 0 Å². The van der Waals surface area contributed by atoms with Gasteiger partial charge in [0.05, 0.1) is 5.69 Å². The van der Waals surface area contributed by atoms with E-state index in [2.05, 4.69) is 9.68 Å². The molecule has 3 nitrogen and oxygen atoms in total. The first kappa shape index (κ1) is 9.82. The summed E-state index contributed by atoms with van der Waals surface area (Å²) in [5.74, 6) is 0. The summed E-state index contributed by atoms with van der Waals surface area (Å²) in [5, 5.41) is 3.77. The van der Waals surface area contributed by atoms with Gasteiger partial charge in [0.25, 0.3) is 0 Å². The molecule has 0 radical (unpaired) electrons. The van der Waals surface area contributed by atoms with Crippen LogP contribution in [-0.2, 0) is 6.18 Å². The standard InChI is InChI=1S/C9H7F3N2O/c1-4-6-2-5(13)3-7(9(10,11)12)8(6)15-14-4/h2-3H,13H2,1H3. The molecule has 0 aliphatic carbocycles. The number of hydrogen-bond donors (Lipinski definition) is 1. The molecule has 0 aliphatic heterocycles. The van der Waals surface area contributed by atoms with E-state index in [1.165, 1.54) is 6.07 Å². The molecule has 0 spiro atoms. The number of halogens is 3. The molecule has 0 atom stereocenters. The predicted octanol–water partition coefficient (Wildman–Crippen LogP) is 2.74. The van der Waals surface area contributed by atoms with E-state index in [0.717, 1.165) is 6.07 Å². The van der Waals surface area contributed by atoms with Gasteiger partial charge in [0, 0.05) is 11.1 Å². The van der Waals surface area contributed by atoms with Crippen molar-refractivity contribution in [3.63, 3.8) is 0 Å². The molecular weight excluding hydrogens is 209 g/mol. The SMILES string of the molecule is Cc1noc2c(C(F)(F)F)cc(N)cc12. The average molecular weight is 216 g/mol. The second kappa shape index (κ2) is 2.88. The van der Waals surface area contributed by atoms with E-state index in [-0.39, 0.29) is 11.3 Å². The van der Waals surface area contributed by atoms with Crippen LogP contribution in [0.2, 0.25) is 0 Å². The van der Waals surface area contributed by atoms with Gasteiger partial charge < -0.3 is 10.3 Å². The molecule has 0 fully saturated rings. The van der Waals surface area contributed by atoms with Crippen molar-refractivity contribution in [3.8, 4) is 0 Å². The summed E-state index contributed by atoms with van der Waals surface area (Å²) in [6.45, 7) is 1.56. The molecular formula is C9H7F3N2O. The number of benzene rings is 1. The fourth-order valence-electron chi connectivity index (χ4n) is 1.39. The lowest BCUT2D eigenvalue weighted by Gasteiger charge is -2.07. The lowest BCUT2D eigenvalue weighted by molar-refractivity contribution is -0.136. The molecule has 0 unspecified atom stereocenters. The zero-order valence-corrected chi connectivity index (χ0v) is 7.72. The zero-order chi connectivity index (χ0) is 11.2. The van der Waals surface area contributed by atoms with Gasteiger partial charge in [-0.15, -0.1) is 0 Å². The predicted molar refractivity (Wildman–Crippen MR) is 48.2 cm³/mol. The highest BCUT2D eigenvalue weighted by Gasteiger charge is 2.35. The summed E-state index contributed by atoms with van der Waals surface area (Å²) < 4.78 is 42.3. The maximum Gasteiger partial charge on any atom is 0.420 e. The number of nitrogens with two attached hydrogens (primary N) is 1. The Morgan fingerprint density at radius 1 is 1.33 bits per heavy atom.